The molecule has 4 rings (SSSR count). The summed E-state index contributed by atoms with van der Waals surface area (Å²) in [6.07, 6.45) is 1.58. The molecule has 0 atom stereocenters. The van der Waals surface area contributed by atoms with Gasteiger partial charge in [0, 0.05) is 16.4 Å². The van der Waals surface area contributed by atoms with Crippen molar-refractivity contribution in [3.05, 3.63) is 46.6 Å². The van der Waals surface area contributed by atoms with Crippen LogP contribution in [0.3, 0.4) is 0 Å². The third kappa shape index (κ3) is 2.95. The van der Waals surface area contributed by atoms with Gasteiger partial charge >= 0.3 is 0 Å². The molecule has 118 valence electrons. The molecule has 0 bridgehead atoms. The summed E-state index contributed by atoms with van der Waals surface area (Å²) < 4.78 is 6.61. The number of ether oxygens (including phenoxy) is 1. The average molecular weight is 361 g/mol. The molecule has 0 amide bonds. The van der Waals surface area contributed by atoms with Crippen molar-refractivity contribution in [2.75, 3.05) is 11.5 Å². The van der Waals surface area contributed by atoms with E-state index in [0.29, 0.717) is 10.5 Å². The SMILES string of the molecule is Cc1sc2ncnc(Oc3ccc(C4SCCS4)cc3)c2c1C. The topological polar surface area (TPSA) is 35.0 Å². The zero-order valence-corrected chi connectivity index (χ0v) is 15.4. The Balaban J connectivity index is 1.63. The van der Waals surface area contributed by atoms with Crippen molar-refractivity contribution in [2.24, 2.45) is 0 Å². The van der Waals surface area contributed by atoms with Crippen molar-refractivity contribution in [3.8, 4) is 11.6 Å². The first-order valence-electron chi connectivity index (χ1n) is 7.44. The van der Waals surface area contributed by atoms with Gasteiger partial charge in [0.15, 0.2) is 0 Å². The van der Waals surface area contributed by atoms with Crippen LogP contribution in [-0.2, 0) is 0 Å². The lowest BCUT2D eigenvalue weighted by Crippen LogP contribution is -1.91. The Morgan fingerprint density at radius 1 is 1.04 bits per heavy atom. The molecule has 3 aromatic rings. The molecule has 0 radical (unpaired) electrons. The highest BCUT2D eigenvalue weighted by Crippen LogP contribution is 2.45. The molecular formula is C17H16N2OS3. The normalized spacial score (nSPS) is 15.4. The fraction of sp³-hybridized carbons (Fsp3) is 0.294. The fourth-order valence-corrected chi connectivity index (χ4v) is 6.43. The smallest absolute Gasteiger partial charge is 0.231 e. The van der Waals surface area contributed by atoms with E-state index in [1.165, 1.54) is 27.5 Å². The minimum Gasteiger partial charge on any atom is -0.438 e. The zero-order valence-electron chi connectivity index (χ0n) is 12.9. The summed E-state index contributed by atoms with van der Waals surface area (Å²) in [6.45, 7) is 4.21. The molecule has 0 unspecified atom stereocenters. The van der Waals surface area contributed by atoms with E-state index in [0.717, 1.165) is 16.0 Å². The van der Waals surface area contributed by atoms with Gasteiger partial charge in [-0.15, -0.1) is 34.9 Å². The van der Waals surface area contributed by atoms with Crippen LogP contribution in [0.5, 0.6) is 11.6 Å². The van der Waals surface area contributed by atoms with Crippen molar-refractivity contribution in [1.29, 1.82) is 0 Å². The van der Waals surface area contributed by atoms with Crippen LogP contribution in [0.15, 0.2) is 30.6 Å². The maximum atomic E-state index is 6.05. The van der Waals surface area contributed by atoms with E-state index in [1.54, 1.807) is 17.7 Å². The molecule has 3 heterocycles. The molecule has 1 aliphatic heterocycles. The number of thiophene rings is 1. The van der Waals surface area contributed by atoms with Crippen LogP contribution in [0.25, 0.3) is 10.2 Å². The lowest BCUT2D eigenvalue weighted by molar-refractivity contribution is 0.468. The number of rotatable bonds is 3. The molecule has 1 fully saturated rings. The molecule has 23 heavy (non-hydrogen) atoms. The summed E-state index contributed by atoms with van der Waals surface area (Å²) in [4.78, 5) is 10.9. The number of aromatic nitrogens is 2. The Bertz CT molecular complexity index is 839. The van der Waals surface area contributed by atoms with Gasteiger partial charge in [-0.2, -0.15) is 0 Å². The number of benzene rings is 1. The third-order valence-electron chi connectivity index (χ3n) is 3.92. The van der Waals surface area contributed by atoms with Crippen LogP contribution < -0.4 is 4.74 Å². The highest BCUT2D eigenvalue weighted by Gasteiger charge is 2.18. The molecule has 1 aromatic carbocycles. The second-order valence-electron chi connectivity index (χ2n) is 5.39. The van der Waals surface area contributed by atoms with Crippen LogP contribution in [-0.4, -0.2) is 21.5 Å². The minimum absolute atomic E-state index is 0.566. The van der Waals surface area contributed by atoms with Crippen molar-refractivity contribution in [2.45, 2.75) is 18.4 Å². The fourth-order valence-electron chi connectivity index (χ4n) is 2.58. The summed E-state index contributed by atoms with van der Waals surface area (Å²) in [5.74, 6) is 3.95. The lowest BCUT2D eigenvalue weighted by atomic mass is 10.2. The second kappa shape index (κ2) is 6.34. The summed E-state index contributed by atoms with van der Waals surface area (Å²) in [7, 11) is 0. The Labute approximate surface area is 147 Å². The lowest BCUT2D eigenvalue weighted by Gasteiger charge is -2.10. The van der Waals surface area contributed by atoms with Gasteiger partial charge in [-0.25, -0.2) is 9.97 Å². The van der Waals surface area contributed by atoms with E-state index in [-0.39, 0.29) is 0 Å². The van der Waals surface area contributed by atoms with Gasteiger partial charge in [0.1, 0.15) is 16.9 Å². The number of nitrogens with zero attached hydrogens (tertiary/aromatic N) is 2. The van der Waals surface area contributed by atoms with Crippen LogP contribution in [0.4, 0.5) is 0 Å². The molecule has 6 heteroatoms. The quantitative estimate of drug-likeness (QED) is 0.609. The Kier molecular flexibility index (Phi) is 4.22. The second-order valence-corrected chi connectivity index (χ2v) is 9.31. The van der Waals surface area contributed by atoms with Crippen molar-refractivity contribution in [3.63, 3.8) is 0 Å². The van der Waals surface area contributed by atoms with Crippen LogP contribution in [0.2, 0.25) is 0 Å². The highest BCUT2D eigenvalue weighted by atomic mass is 32.2. The maximum Gasteiger partial charge on any atom is 0.231 e. The van der Waals surface area contributed by atoms with Crippen LogP contribution >= 0.6 is 34.9 Å². The predicted octanol–water partition coefficient (Wildman–Crippen LogP) is 5.58. The zero-order chi connectivity index (χ0) is 15.8. The van der Waals surface area contributed by atoms with Crippen molar-refractivity contribution >= 4 is 45.1 Å². The first kappa shape index (κ1) is 15.3. The molecule has 3 nitrogen and oxygen atoms in total. The van der Waals surface area contributed by atoms with Gasteiger partial charge in [0.2, 0.25) is 5.88 Å². The molecule has 0 aliphatic carbocycles. The molecule has 0 N–H and O–H groups in total. The summed E-state index contributed by atoms with van der Waals surface area (Å²) in [5.41, 5.74) is 2.57. The van der Waals surface area contributed by atoms with Crippen LogP contribution in [0, 0.1) is 13.8 Å². The standard InChI is InChI=1S/C17H16N2OS3/c1-10-11(2)23-16-14(10)15(18-9-19-16)20-13-5-3-12(4-6-13)17-21-7-8-22-17/h3-6,9,17H,7-8H2,1-2H3. The first-order chi connectivity index (χ1) is 11.2. The average Bonchev–Trinajstić information content (AvgIpc) is 3.18. The monoisotopic (exact) mass is 360 g/mol. The third-order valence-corrected chi connectivity index (χ3v) is 8.14. The summed E-state index contributed by atoms with van der Waals surface area (Å²) in [6, 6.07) is 8.40. The van der Waals surface area contributed by atoms with Gasteiger partial charge in [-0.3, -0.25) is 0 Å². The molecule has 1 saturated heterocycles. The Morgan fingerprint density at radius 3 is 2.52 bits per heavy atom. The minimum atomic E-state index is 0.566. The number of thioether (sulfide) groups is 2. The van der Waals surface area contributed by atoms with Crippen molar-refractivity contribution in [1.82, 2.24) is 9.97 Å². The predicted molar refractivity (Wildman–Crippen MR) is 101 cm³/mol. The van der Waals surface area contributed by atoms with Gasteiger partial charge in [-0.1, -0.05) is 12.1 Å². The summed E-state index contributed by atoms with van der Waals surface area (Å²) in [5, 5.41) is 1.03. The first-order valence-corrected chi connectivity index (χ1v) is 10.4. The van der Waals surface area contributed by atoms with E-state index in [4.69, 9.17) is 4.74 Å². The van der Waals surface area contributed by atoms with Crippen molar-refractivity contribution < 1.29 is 4.74 Å². The van der Waals surface area contributed by atoms with E-state index in [2.05, 4.69) is 35.9 Å². The van der Waals surface area contributed by atoms with E-state index in [1.807, 2.05) is 35.7 Å². The van der Waals surface area contributed by atoms with Gasteiger partial charge in [0.05, 0.1) is 9.97 Å². The largest absolute Gasteiger partial charge is 0.438 e. The summed E-state index contributed by atoms with van der Waals surface area (Å²) >= 11 is 5.72. The van der Waals surface area contributed by atoms with E-state index >= 15 is 0 Å². The van der Waals surface area contributed by atoms with Crippen LogP contribution in [0.1, 0.15) is 20.6 Å². The molecule has 0 spiro atoms. The highest BCUT2D eigenvalue weighted by molar-refractivity contribution is 8.19. The van der Waals surface area contributed by atoms with E-state index < -0.39 is 0 Å². The van der Waals surface area contributed by atoms with Gasteiger partial charge in [0.25, 0.3) is 0 Å². The number of hydrogen-bond donors (Lipinski definition) is 0. The molecular weight excluding hydrogens is 344 g/mol. The molecule has 0 saturated carbocycles. The Morgan fingerprint density at radius 2 is 1.78 bits per heavy atom. The number of aryl methyl sites for hydroxylation is 2. The Hall–Kier alpha value is -1.24. The number of hydrogen-bond acceptors (Lipinski definition) is 6. The molecule has 1 aliphatic rings. The van der Waals surface area contributed by atoms with Gasteiger partial charge < -0.3 is 4.74 Å². The van der Waals surface area contributed by atoms with Gasteiger partial charge in [-0.05, 0) is 37.1 Å². The number of fused-ring (bicyclic) bond motifs is 1. The maximum absolute atomic E-state index is 6.05. The van der Waals surface area contributed by atoms with E-state index in [9.17, 15) is 0 Å². The molecule has 2 aromatic heterocycles.